The van der Waals surface area contributed by atoms with E-state index in [-0.39, 0.29) is 11.2 Å². The molecule has 0 aliphatic carbocycles. The number of ether oxygens (including phenoxy) is 1. The third-order valence-electron chi connectivity index (χ3n) is 3.35. The van der Waals surface area contributed by atoms with E-state index in [9.17, 15) is 4.79 Å². The Labute approximate surface area is 114 Å². The molecule has 3 nitrogen and oxygen atoms in total. The van der Waals surface area contributed by atoms with Gasteiger partial charge in [-0.2, -0.15) is 0 Å². The van der Waals surface area contributed by atoms with E-state index in [1.165, 1.54) is 0 Å². The van der Waals surface area contributed by atoms with Crippen LogP contribution >= 0.6 is 0 Å². The summed E-state index contributed by atoms with van der Waals surface area (Å²) in [5.41, 5.74) is 1.48. The van der Waals surface area contributed by atoms with Crippen molar-refractivity contribution < 1.29 is 9.53 Å². The average molecular weight is 259 g/mol. The van der Waals surface area contributed by atoms with Gasteiger partial charge in [-0.25, -0.2) is 0 Å². The highest BCUT2D eigenvalue weighted by molar-refractivity contribution is 6.10. The number of carbonyl (C=O) groups is 1. The second kappa shape index (κ2) is 4.72. The summed E-state index contributed by atoms with van der Waals surface area (Å²) >= 11 is 0. The molecular formula is C16H21NO2. The van der Waals surface area contributed by atoms with Crippen LogP contribution in [-0.2, 0) is 6.54 Å². The van der Waals surface area contributed by atoms with Crippen molar-refractivity contribution in [1.29, 1.82) is 0 Å². The molecule has 0 unspecified atom stereocenters. The highest BCUT2D eigenvalue weighted by Crippen LogP contribution is 2.30. The van der Waals surface area contributed by atoms with E-state index < -0.39 is 0 Å². The largest absolute Gasteiger partial charge is 0.497 e. The molecule has 0 amide bonds. The molecule has 2 aromatic rings. The van der Waals surface area contributed by atoms with Crippen LogP contribution < -0.4 is 4.74 Å². The van der Waals surface area contributed by atoms with Gasteiger partial charge in [0.05, 0.1) is 7.11 Å². The summed E-state index contributed by atoms with van der Waals surface area (Å²) in [7, 11) is 1.64. The molecule has 0 saturated heterocycles. The lowest BCUT2D eigenvalue weighted by molar-refractivity contribution is 0.0860. The van der Waals surface area contributed by atoms with Crippen molar-refractivity contribution in [1.82, 2.24) is 4.57 Å². The predicted molar refractivity (Wildman–Crippen MR) is 77.9 cm³/mol. The smallest absolute Gasteiger partial charge is 0.170 e. The van der Waals surface area contributed by atoms with Gasteiger partial charge in [-0.3, -0.25) is 4.79 Å². The molecule has 0 bridgehead atoms. The van der Waals surface area contributed by atoms with Crippen LogP contribution in [0.1, 0.15) is 38.1 Å². The van der Waals surface area contributed by atoms with Crippen LogP contribution in [0.5, 0.6) is 5.75 Å². The maximum Gasteiger partial charge on any atom is 0.170 e. The Morgan fingerprint density at radius 2 is 2.00 bits per heavy atom. The topological polar surface area (TPSA) is 31.2 Å². The number of benzene rings is 1. The molecule has 0 radical (unpaired) electrons. The first kappa shape index (κ1) is 13.7. The molecule has 1 heterocycles. The van der Waals surface area contributed by atoms with Crippen molar-refractivity contribution in [2.45, 2.75) is 34.2 Å². The molecule has 0 aliphatic heterocycles. The number of methoxy groups -OCH3 is 1. The lowest BCUT2D eigenvalue weighted by Gasteiger charge is -2.15. The van der Waals surface area contributed by atoms with Gasteiger partial charge >= 0.3 is 0 Å². The fraction of sp³-hybridized carbons (Fsp3) is 0.438. The molecule has 0 aliphatic rings. The molecule has 1 aromatic heterocycles. The first-order valence-electron chi connectivity index (χ1n) is 6.60. The van der Waals surface area contributed by atoms with Crippen molar-refractivity contribution in [3.8, 4) is 5.75 Å². The second-order valence-corrected chi connectivity index (χ2v) is 5.79. The number of hydrogen-bond donors (Lipinski definition) is 0. The van der Waals surface area contributed by atoms with Gasteiger partial charge in [-0.1, -0.05) is 20.8 Å². The van der Waals surface area contributed by atoms with Gasteiger partial charge in [0.15, 0.2) is 5.78 Å². The van der Waals surface area contributed by atoms with E-state index in [0.29, 0.717) is 0 Å². The zero-order valence-corrected chi connectivity index (χ0v) is 12.3. The summed E-state index contributed by atoms with van der Waals surface area (Å²) in [4.78, 5) is 12.6. The SMILES string of the molecule is CCn1cc(C(=O)C(C)(C)C)c2cc(OC)ccc21. The third kappa shape index (κ3) is 2.37. The predicted octanol–water partition coefficient (Wildman–Crippen LogP) is 3.90. The Kier molecular flexibility index (Phi) is 3.40. The number of rotatable bonds is 3. The van der Waals surface area contributed by atoms with Crippen LogP contribution in [0.4, 0.5) is 0 Å². The van der Waals surface area contributed by atoms with E-state index in [2.05, 4.69) is 11.5 Å². The Morgan fingerprint density at radius 1 is 1.32 bits per heavy atom. The van der Waals surface area contributed by atoms with Crippen molar-refractivity contribution in [2.24, 2.45) is 5.41 Å². The molecule has 3 heteroatoms. The van der Waals surface area contributed by atoms with Crippen molar-refractivity contribution >= 4 is 16.7 Å². The highest BCUT2D eigenvalue weighted by atomic mass is 16.5. The Hall–Kier alpha value is -1.77. The number of aromatic nitrogens is 1. The van der Waals surface area contributed by atoms with Gasteiger partial charge in [-0.05, 0) is 25.1 Å². The number of Topliss-reactive ketones (excluding diaryl/α,β-unsaturated/α-hetero) is 1. The van der Waals surface area contributed by atoms with Crippen LogP contribution in [0.15, 0.2) is 24.4 Å². The monoisotopic (exact) mass is 259 g/mol. The molecule has 0 saturated carbocycles. The van der Waals surface area contributed by atoms with Crippen molar-refractivity contribution in [3.05, 3.63) is 30.0 Å². The first-order chi connectivity index (χ1) is 8.88. The lowest BCUT2D eigenvalue weighted by atomic mass is 9.86. The third-order valence-corrected chi connectivity index (χ3v) is 3.35. The lowest BCUT2D eigenvalue weighted by Crippen LogP contribution is -2.19. The van der Waals surface area contributed by atoms with Crippen LogP contribution in [0.2, 0.25) is 0 Å². The minimum absolute atomic E-state index is 0.165. The van der Waals surface area contributed by atoms with E-state index in [4.69, 9.17) is 4.74 Å². The summed E-state index contributed by atoms with van der Waals surface area (Å²) in [6.45, 7) is 8.77. The molecule has 19 heavy (non-hydrogen) atoms. The van der Waals surface area contributed by atoms with Crippen LogP contribution in [-0.4, -0.2) is 17.5 Å². The number of hydrogen-bond acceptors (Lipinski definition) is 2. The van der Waals surface area contributed by atoms with Gasteiger partial charge < -0.3 is 9.30 Å². The fourth-order valence-electron chi connectivity index (χ4n) is 2.25. The van der Waals surface area contributed by atoms with Crippen molar-refractivity contribution in [2.75, 3.05) is 7.11 Å². The summed E-state index contributed by atoms with van der Waals surface area (Å²) in [6.07, 6.45) is 1.96. The summed E-state index contributed by atoms with van der Waals surface area (Å²) in [6, 6.07) is 5.89. The zero-order chi connectivity index (χ0) is 14.2. The first-order valence-corrected chi connectivity index (χ1v) is 6.60. The van der Waals surface area contributed by atoms with Crippen LogP contribution in [0.3, 0.4) is 0 Å². The molecule has 0 N–H and O–H groups in total. The van der Waals surface area contributed by atoms with E-state index in [0.717, 1.165) is 28.8 Å². The molecule has 102 valence electrons. The minimum Gasteiger partial charge on any atom is -0.497 e. The van der Waals surface area contributed by atoms with Crippen LogP contribution in [0.25, 0.3) is 10.9 Å². The molecular weight excluding hydrogens is 238 g/mol. The van der Waals surface area contributed by atoms with Gasteiger partial charge in [0.1, 0.15) is 5.75 Å². The zero-order valence-electron chi connectivity index (χ0n) is 12.3. The minimum atomic E-state index is -0.379. The molecule has 0 spiro atoms. The number of aryl methyl sites for hydroxylation is 1. The Morgan fingerprint density at radius 3 is 2.53 bits per heavy atom. The van der Waals surface area contributed by atoms with E-state index in [1.54, 1.807) is 7.11 Å². The number of fused-ring (bicyclic) bond motifs is 1. The molecule has 2 rings (SSSR count). The van der Waals surface area contributed by atoms with Gasteiger partial charge in [0.2, 0.25) is 0 Å². The van der Waals surface area contributed by atoms with Gasteiger partial charge in [-0.15, -0.1) is 0 Å². The maximum atomic E-state index is 12.6. The summed E-state index contributed by atoms with van der Waals surface area (Å²) < 4.78 is 7.37. The van der Waals surface area contributed by atoms with E-state index >= 15 is 0 Å². The van der Waals surface area contributed by atoms with E-state index in [1.807, 2.05) is 45.2 Å². The van der Waals surface area contributed by atoms with Crippen molar-refractivity contribution in [3.63, 3.8) is 0 Å². The average Bonchev–Trinajstić information content (AvgIpc) is 2.74. The second-order valence-electron chi connectivity index (χ2n) is 5.79. The molecule has 0 fully saturated rings. The number of nitrogens with zero attached hydrogens (tertiary/aromatic N) is 1. The number of carbonyl (C=O) groups excluding carboxylic acids is 1. The summed E-state index contributed by atoms with van der Waals surface area (Å²) in [5.74, 6) is 0.947. The van der Waals surface area contributed by atoms with Crippen LogP contribution in [0, 0.1) is 5.41 Å². The maximum absolute atomic E-state index is 12.6. The molecule has 0 atom stereocenters. The van der Waals surface area contributed by atoms with Gasteiger partial charge in [0.25, 0.3) is 0 Å². The normalized spacial score (nSPS) is 11.8. The number of ketones is 1. The Balaban J connectivity index is 2.69. The quantitative estimate of drug-likeness (QED) is 0.783. The fourth-order valence-corrected chi connectivity index (χ4v) is 2.25. The summed E-state index contributed by atoms with van der Waals surface area (Å²) in [5, 5.41) is 0.973. The molecule has 1 aromatic carbocycles. The van der Waals surface area contributed by atoms with Gasteiger partial charge in [0, 0.05) is 34.6 Å². The Bertz CT molecular complexity index is 617. The standard InChI is InChI=1S/C16H21NO2/c1-6-17-10-13(15(18)16(2,3)4)12-9-11(19-5)7-8-14(12)17/h7-10H,6H2,1-5H3. The highest BCUT2D eigenvalue weighted by Gasteiger charge is 2.26.